The molecule has 12 heavy (non-hydrogen) atoms. The van der Waals surface area contributed by atoms with Gasteiger partial charge in [-0.3, -0.25) is 10.3 Å². The van der Waals surface area contributed by atoms with E-state index in [1.807, 2.05) is 0 Å². The summed E-state index contributed by atoms with van der Waals surface area (Å²) in [6, 6.07) is 0. The third-order valence-corrected chi connectivity index (χ3v) is 1.45. The molecule has 0 saturated heterocycles. The molecule has 0 amide bonds. The summed E-state index contributed by atoms with van der Waals surface area (Å²) in [4.78, 5) is 8.24. The molecule has 0 spiro atoms. The highest BCUT2D eigenvalue weighted by Gasteiger charge is 2.07. The van der Waals surface area contributed by atoms with E-state index in [0.717, 1.165) is 24.7 Å². The summed E-state index contributed by atoms with van der Waals surface area (Å²) in [5, 5.41) is 6.21. The second-order valence-corrected chi connectivity index (χ2v) is 2.13. The van der Waals surface area contributed by atoms with E-state index in [1.54, 1.807) is 12.4 Å². The van der Waals surface area contributed by atoms with Gasteiger partial charge in [0.25, 0.3) is 0 Å². The second kappa shape index (κ2) is 4.60. The molecule has 6 heteroatoms. The van der Waals surface area contributed by atoms with Gasteiger partial charge < -0.3 is 16.3 Å². The Labute approximate surface area is 69.7 Å². The van der Waals surface area contributed by atoms with Gasteiger partial charge in [-0.1, -0.05) is 0 Å². The predicted molar refractivity (Wildman–Crippen MR) is 44.6 cm³/mol. The Morgan fingerprint density at radius 3 is 2.67 bits per heavy atom. The van der Waals surface area contributed by atoms with Crippen LogP contribution in [0, 0.1) is 0 Å². The standard InChI is InChI=1S/C6H8N4.2H2O/c1-2-9-6-5(8-1)3-7-4-10-6;;/h1-2,7H,3-4H2,(H,9,10);2*1H2. The van der Waals surface area contributed by atoms with Crippen LogP contribution in [0.1, 0.15) is 5.69 Å². The highest BCUT2D eigenvalue weighted by Crippen LogP contribution is 2.09. The molecule has 1 aliphatic heterocycles. The molecule has 6 nitrogen and oxygen atoms in total. The minimum atomic E-state index is 0. The Kier molecular flexibility index (Phi) is 4.12. The van der Waals surface area contributed by atoms with Crippen LogP contribution in [0.5, 0.6) is 0 Å². The zero-order valence-electron chi connectivity index (χ0n) is 6.46. The highest BCUT2D eigenvalue weighted by atomic mass is 16.0. The van der Waals surface area contributed by atoms with Crippen molar-refractivity contribution in [2.75, 3.05) is 12.0 Å². The van der Waals surface area contributed by atoms with Crippen molar-refractivity contribution in [3.05, 3.63) is 18.1 Å². The van der Waals surface area contributed by atoms with Gasteiger partial charge in [-0.25, -0.2) is 4.98 Å². The SMILES string of the molecule is O.O.c1cnc2c(n1)CNCN2. The molecule has 0 aromatic carbocycles. The average molecular weight is 172 g/mol. The van der Waals surface area contributed by atoms with Crippen LogP contribution < -0.4 is 10.6 Å². The van der Waals surface area contributed by atoms with Crippen molar-refractivity contribution in [3.8, 4) is 0 Å². The predicted octanol–water partition coefficient (Wildman–Crippen LogP) is -1.70. The molecule has 0 unspecified atom stereocenters. The van der Waals surface area contributed by atoms with E-state index in [0.29, 0.717) is 0 Å². The van der Waals surface area contributed by atoms with E-state index in [4.69, 9.17) is 0 Å². The quantitative estimate of drug-likeness (QED) is 0.485. The van der Waals surface area contributed by atoms with Crippen molar-refractivity contribution >= 4 is 5.82 Å². The van der Waals surface area contributed by atoms with Gasteiger partial charge in [-0.2, -0.15) is 0 Å². The van der Waals surface area contributed by atoms with Crippen molar-refractivity contribution in [2.45, 2.75) is 6.54 Å². The second-order valence-electron chi connectivity index (χ2n) is 2.13. The first-order valence-electron chi connectivity index (χ1n) is 3.21. The number of nitrogens with zero attached hydrogens (tertiary/aromatic N) is 2. The number of rotatable bonds is 0. The fourth-order valence-corrected chi connectivity index (χ4v) is 0.971. The van der Waals surface area contributed by atoms with Crippen molar-refractivity contribution in [2.24, 2.45) is 0 Å². The van der Waals surface area contributed by atoms with Crippen LogP contribution in [0.15, 0.2) is 12.4 Å². The van der Waals surface area contributed by atoms with Gasteiger partial charge in [0.1, 0.15) is 5.82 Å². The van der Waals surface area contributed by atoms with Crippen molar-refractivity contribution < 1.29 is 11.0 Å². The van der Waals surface area contributed by atoms with Gasteiger partial charge in [0.05, 0.1) is 12.4 Å². The molecule has 1 aromatic rings. The summed E-state index contributed by atoms with van der Waals surface area (Å²) < 4.78 is 0. The number of aromatic nitrogens is 2. The molecule has 0 radical (unpaired) electrons. The molecule has 0 atom stereocenters. The van der Waals surface area contributed by atoms with Gasteiger partial charge in [0, 0.05) is 18.9 Å². The number of fused-ring (bicyclic) bond motifs is 1. The summed E-state index contributed by atoms with van der Waals surface area (Å²) in [5.74, 6) is 0.904. The molecular weight excluding hydrogens is 160 g/mol. The van der Waals surface area contributed by atoms with E-state index < -0.39 is 0 Å². The number of hydrogen-bond acceptors (Lipinski definition) is 4. The lowest BCUT2D eigenvalue weighted by Gasteiger charge is -2.15. The molecule has 1 aliphatic rings. The lowest BCUT2D eigenvalue weighted by atomic mass is 10.3. The zero-order chi connectivity index (χ0) is 6.81. The van der Waals surface area contributed by atoms with E-state index in [-0.39, 0.29) is 11.0 Å². The van der Waals surface area contributed by atoms with E-state index in [1.165, 1.54) is 0 Å². The maximum atomic E-state index is 4.13. The Morgan fingerprint density at radius 1 is 1.17 bits per heavy atom. The fourth-order valence-electron chi connectivity index (χ4n) is 0.971. The first-order chi connectivity index (χ1) is 4.97. The Hall–Kier alpha value is -1.24. The fraction of sp³-hybridized carbons (Fsp3) is 0.333. The molecule has 2 rings (SSSR count). The van der Waals surface area contributed by atoms with Gasteiger partial charge in [-0.15, -0.1) is 0 Å². The topological polar surface area (TPSA) is 113 Å². The summed E-state index contributed by atoms with van der Waals surface area (Å²) >= 11 is 0. The molecular formula is C6H12N4O2. The number of anilines is 1. The maximum Gasteiger partial charge on any atom is 0.150 e. The Balaban J connectivity index is 0.000000605. The summed E-state index contributed by atoms with van der Waals surface area (Å²) in [7, 11) is 0. The minimum Gasteiger partial charge on any atom is -0.412 e. The van der Waals surface area contributed by atoms with E-state index >= 15 is 0 Å². The third-order valence-electron chi connectivity index (χ3n) is 1.45. The molecule has 68 valence electrons. The third kappa shape index (κ3) is 1.88. The lowest BCUT2D eigenvalue weighted by molar-refractivity contribution is 0.682. The summed E-state index contributed by atoms with van der Waals surface area (Å²) in [6.07, 6.45) is 3.39. The average Bonchev–Trinajstić information content (AvgIpc) is 2.05. The van der Waals surface area contributed by atoms with E-state index in [9.17, 15) is 0 Å². The van der Waals surface area contributed by atoms with Crippen LogP contribution in [0.25, 0.3) is 0 Å². The van der Waals surface area contributed by atoms with Gasteiger partial charge in [0.15, 0.2) is 0 Å². The van der Waals surface area contributed by atoms with Crippen LogP contribution in [-0.2, 0) is 6.54 Å². The molecule has 2 heterocycles. The van der Waals surface area contributed by atoms with Crippen molar-refractivity contribution in [3.63, 3.8) is 0 Å². The smallest absolute Gasteiger partial charge is 0.150 e. The number of nitrogens with one attached hydrogen (secondary N) is 2. The number of hydrogen-bond donors (Lipinski definition) is 2. The van der Waals surface area contributed by atoms with Crippen LogP contribution >= 0.6 is 0 Å². The molecule has 6 N–H and O–H groups in total. The van der Waals surface area contributed by atoms with E-state index in [2.05, 4.69) is 20.6 Å². The lowest BCUT2D eigenvalue weighted by Crippen LogP contribution is -2.28. The molecule has 0 saturated carbocycles. The van der Waals surface area contributed by atoms with Crippen molar-refractivity contribution in [1.29, 1.82) is 0 Å². The maximum absolute atomic E-state index is 4.13. The highest BCUT2D eigenvalue weighted by molar-refractivity contribution is 5.40. The van der Waals surface area contributed by atoms with Crippen molar-refractivity contribution in [1.82, 2.24) is 15.3 Å². The molecule has 0 aliphatic carbocycles. The van der Waals surface area contributed by atoms with Gasteiger partial charge in [0.2, 0.25) is 0 Å². The Morgan fingerprint density at radius 2 is 1.92 bits per heavy atom. The van der Waals surface area contributed by atoms with Gasteiger partial charge in [-0.05, 0) is 0 Å². The van der Waals surface area contributed by atoms with Crippen LogP contribution in [-0.4, -0.2) is 27.6 Å². The van der Waals surface area contributed by atoms with Crippen LogP contribution in [0.3, 0.4) is 0 Å². The summed E-state index contributed by atoms with van der Waals surface area (Å²) in [6.45, 7) is 1.60. The normalized spacial score (nSPS) is 13.0. The molecule has 0 fully saturated rings. The first-order valence-corrected chi connectivity index (χ1v) is 3.21. The molecule has 0 bridgehead atoms. The first kappa shape index (κ1) is 10.8. The Bertz CT molecular complexity index is 218. The zero-order valence-corrected chi connectivity index (χ0v) is 6.46. The van der Waals surface area contributed by atoms with Crippen LogP contribution in [0.2, 0.25) is 0 Å². The molecule has 1 aromatic heterocycles. The summed E-state index contributed by atoms with van der Waals surface area (Å²) in [5.41, 5.74) is 0.994. The minimum absolute atomic E-state index is 0. The largest absolute Gasteiger partial charge is 0.412 e. The van der Waals surface area contributed by atoms with Crippen LogP contribution in [0.4, 0.5) is 5.82 Å². The monoisotopic (exact) mass is 172 g/mol. The van der Waals surface area contributed by atoms with Gasteiger partial charge >= 0.3 is 0 Å².